The maximum Gasteiger partial charge on any atom is 0.325 e. The van der Waals surface area contributed by atoms with Crippen LogP contribution in [0.3, 0.4) is 0 Å². The molecule has 0 aromatic heterocycles. The van der Waals surface area contributed by atoms with E-state index in [-0.39, 0.29) is 13.0 Å². The van der Waals surface area contributed by atoms with Gasteiger partial charge in [-0.2, -0.15) is 0 Å². The van der Waals surface area contributed by atoms with Gasteiger partial charge in [-0.05, 0) is 13.3 Å². The largest absolute Gasteiger partial charge is 0.465 e. The summed E-state index contributed by atoms with van der Waals surface area (Å²) >= 11 is 0. The summed E-state index contributed by atoms with van der Waals surface area (Å²) < 4.78 is 26.4. The standard InChI is InChI=1S/C7H15NO4S/c1-3-5-6(13(8,10)11)7(9)12-4-2/h6H,3-5H2,1-2H3,(H2,8,10,11). The number of esters is 1. The molecule has 0 aliphatic rings. The third kappa shape index (κ3) is 4.23. The van der Waals surface area contributed by atoms with Gasteiger partial charge in [0.05, 0.1) is 6.61 Å². The van der Waals surface area contributed by atoms with E-state index in [4.69, 9.17) is 5.14 Å². The third-order valence-electron chi connectivity index (χ3n) is 1.50. The van der Waals surface area contributed by atoms with Crippen molar-refractivity contribution in [1.82, 2.24) is 0 Å². The van der Waals surface area contributed by atoms with Crippen LogP contribution in [0.15, 0.2) is 0 Å². The average molecular weight is 209 g/mol. The second-order valence-corrected chi connectivity index (χ2v) is 4.37. The molecule has 0 rings (SSSR count). The fourth-order valence-corrected chi connectivity index (χ4v) is 1.81. The summed E-state index contributed by atoms with van der Waals surface area (Å²) in [5.74, 6) is -0.758. The first-order chi connectivity index (χ1) is 5.93. The highest BCUT2D eigenvalue weighted by molar-refractivity contribution is 7.90. The lowest BCUT2D eigenvalue weighted by Crippen LogP contribution is -2.36. The molecule has 0 bridgehead atoms. The van der Waals surface area contributed by atoms with Gasteiger partial charge in [0.25, 0.3) is 0 Å². The summed E-state index contributed by atoms with van der Waals surface area (Å²) in [5.41, 5.74) is 0. The SMILES string of the molecule is CCCC(C(=O)OCC)S(N)(=O)=O. The van der Waals surface area contributed by atoms with Gasteiger partial charge in [-0.1, -0.05) is 13.3 Å². The van der Waals surface area contributed by atoms with Crippen molar-refractivity contribution in [3.05, 3.63) is 0 Å². The number of primary sulfonamides is 1. The van der Waals surface area contributed by atoms with Crippen molar-refractivity contribution in [3.63, 3.8) is 0 Å². The number of sulfonamides is 1. The van der Waals surface area contributed by atoms with Crippen LogP contribution in [-0.4, -0.2) is 26.2 Å². The van der Waals surface area contributed by atoms with E-state index in [0.29, 0.717) is 6.42 Å². The van der Waals surface area contributed by atoms with Crippen LogP contribution in [0.2, 0.25) is 0 Å². The topological polar surface area (TPSA) is 86.5 Å². The molecule has 0 fully saturated rings. The number of hydrogen-bond acceptors (Lipinski definition) is 4. The minimum absolute atomic E-state index is 0.161. The predicted molar refractivity (Wildman–Crippen MR) is 48.4 cm³/mol. The highest BCUT2D eigenvalue weighted by atomic mass is 32.2. The Morgan fingerprint density at radius 1 is 1.46 bits per heavy atom. The molecule has 0 heterocycles. The lowest BCUT2D eigenvalue weighted by molar-refractivity contribution is -0.142. The van der Waals surface area contributed by atoms with Crippen molar-refractivity contribution >= 4 is 16.0 Å². The van der Waals surface area contributed by atoms with Crippen molar-refractivity contribution < 1.29 is 17.9 Å². The van der Waals surface area contributed by atoms with E-state index >= 15 is 0 Å². The van der Waals surface area contributed by atoms with Crippen LogP contribution in [0.4, 0.5) is 0 Å². The highest BCUT2D eigenvalue weighted by Gasteiger charge is 2.29. The zero-order valence-electron chi connectivity index (χ0n) is 7.82. The molecule has 0 amide bonds. The molecule has 1 unspecified atom stereocenters. The molecule has 5 nitrogen and oxygen atoms in total. The molecule has 0 saturated carbocycles. The van der Waals surface area contributed by atoms with Crippen LogP contribution in [0.25, 0.3) is 0 Å². The monoisotopic (exact) mass is 209 g/mol. The van der Waals surface area contributed by atoms with Gasteiger partial charge in [0, 0.05) is 0 Å². The quantitative estimate of drug-likeness (QED) is 0.646. The molecule has 0 aromatic rings. The first-order valence-electron chi connectivity index (χ1n) is 4.11. The minimum atomic E-state index is -3.82. The van der Waals surface area contributed by atoms with E-state index in [2.05, 4.69) is 4.74 Å². The van der Waals surface area contributed by atoms with Crippen LogP contribution in [0.5, 0.6) is 0 Å². The van der Waals surface area contributed by atoms with E-state index in [0.717, 1.165) is 0 Å². The molecule has 13 heavy (non-hydrogen) atoms. The molecular formula is C7H15NO4S. The summed E-state index contributed by atoms with van der Waals surface area (Å²) in [6.45, 7) is 3.55. The molecule has 0 saturated heterocycles. The van der Waals surface area contributed by atoms with Gasteiger partial charge >= 0.3 is 5.97 Å². The van der Waals surface area contributed by atoms with Gasteiger partial charge in [-0.15, -0.1) is 0 Å². The van der Waals surface area contributed by atoms with E-state index in [1.807, 2.05) is 0 Å². The number of ether oxygens (including phenoxy) is 1. The van der Waals surface area contributed by atoms with Crippen molar-refractivity contribution in [2.75, 3.05) is 6.61 Å². The summed E-state index contributed by atoms with van der Waals surface area (Å²) in [7, 11) is -3.82. The maximum atomic E-state index is 11.1. The molecule has 1 atom stereocenters. The summed E-state index contributed by atoms with van der Waals surface area (Å²) in [6.07, 6.45) is 0.775. The van der Waals surface area contributed by atoms with Crippen molar-refractivity contribution in [1.29, 1.82) is 0 Å². The zero-order chi connectivity index (χ0) is 10.5. The molecule has 0 aromatic carbocycles. The summed E-state index contributed by atoms with van der Waals surface area (Å²) in [6, 6.07) is 0. The first-order valence-corrected chi connectivity index (χ1v) is 5.72. The van der Waals surface area contributed by atoms with Crippen LogP contribution in [0.1, 0.15) is 26.7 Å². The Kier molecular flexibility index (Phi) is 4.94. The van der Waals surface area contributed by atoms with E-state index in [9.17, 15) is 13.2 Å². The van der Waals surface area contributed by atoms with Gasteiger partial charge in [-0.25, -0.2) is 13.6 Å². The van der Waals surface area contributed by atoms with Crippen molar-refractivity contribution in [2.45, 2.75) is 31.9 Å². The lowest BCUT2D eigenvalue weighted by atomic mass is 10.2. The summed E-state index contributed by atoms with van der Waals surface area (Å²) in [4.78, 5) is 11.1. The van der Waals surface area contributed by atoms with E-state index < -0.39 is 21.2 Å². The maximum absolute atomic E-state index is 11.1. The van der Waals surface area contributed by atoms with Gasteiger partial charge in [0.1, 0.15) is 0 Å². The fraction of sp³-hybridized carbons (Fsp3) is 0.857. The third-order valence-corrected chi connectivity index (χ3v) is 2.72. The number of carbonyl (C=O) groups is 1. The zero-order valence-corrected chi connectivity index (χ0v) is 8.63. The highest BCUT2D eigenvalue weighted by Crippen LogP contribution is 2.07. The number of carbonyl (C=O) groups excluding carboxylic acids is 1. The molecule has 78 valence electrons. The Hall–Kier alpha value is -0.620. The second-order valence-electron chi connectivity index (χ2n) is 2.62. The number of hydrogen-bond donors (Lipinski definition) is 1. The molecule has 6 heteroatoms. The fourth-order valence-electron chi connectivity index (χ4n) is 0.914. The Balaban J connectivity index is 4.52. The minimum Gasteiger partial charge on any atom is -0.465 e. The second kappa shape index (κ2) is 5.18. The normalized spacial score (nSPS) is 13.8. The Labute approximate surface area is 78.3 Å². The van der Waals surface area contributed by atoms with Gasteiger partial charge < -0.3 is 4.74 Å². The molecule has 0 aliphatic carbocycles. The van der Waals surface area contributed by atoms with Crippen LogP contribution < -0.4 is 5.14 Å². The van der Waals surface area contributed by atoms with Crippen LogP contribution in [-0.2, 0) is 19.6 Å². The van der Waals surface area contributed by atoms with E-state index in [1.54, 1.807) is 13.8 Å². The molecule has 0 aliphatic heterocycles. The molecular weight excluding hydrogens is 194 g/mol. The Bertz CT molecular complexity index is 260. The first kappa shape index (κ1) is 12.4. The predicted octanol–water partition coefficient (Wildman–Crippen LogP) is 0.00670. The summed E-state index contributed by atoms with van der Waals surface area (Å²) in [5, 5.41) is 3.66. The number of rotatable bonds is 5. The van der Waals surface area contributed by atoms with Gasteiger partial charge in [0.2, 0.25) is 10.0 Å². The van der Waals surface area contributed by atoms with E-state index in [1.165, 1.54) is 0 Å². The number of nitrogens with two attached hydrogens (primary N) is 1. The van der Waals surface area contributed by atoms with Crippen LogP contribution in [0, 0.1) is 0 Å². The smallest absolute Gasteiger partial charge is 0.325 e. The lowest BCUT2D eigenvalue weighted by Gasteiger charge is -2.11. The molecule has 0 radical (unpaired) electrons. The van der Waals surface area contributed by atoms with Gasteiger partial charge in [0.15, 0.2) is 5.25 Å². The average Bonchev–Trinajstić information content (AvgIpc) is 1.98. The van der Waals surface area contributed by atoms with Gasteiger partial charge in [-0.3, -0.25) is 4.79 Å². The molecule has 2 N–H and O–H groups in total. The van der Waals surface area contributed by atoms with Crippen LogP contribution >= 0.6 is 0 Å². The Morgan fingerprint density at radius 2 is 2.00 bits per heavy atom. The molecule has 0 spiro atoms. The Morgan fingerprint density at radius 3 is 2.31 bits per heavy atom. The van der Waals surface area contributed by atoms with Crippen molar-refractivity contribution in [2.24, 2.45) is 5.14 Å². The van der Waals surface area contributed by atoms with Crippen molar-refractivity contribution in [3.8, 4) is 0 Å².